The van der Waals surface area contributed by atoms with Gasteiger partial charge in [-0.05, 0) is 37.3 Å². The summed E-state index contributed by atoms with van der Waals surface area (Å²) in [6.45, 7) is 4.13. The minimum absolute atomic E-state index is 0.105. The van der Waals surface area contributed by atoms with Gasteiger partial charge in [0, 0.05) is 35.1 Å². The molecule has 4 heterocycles. The maximum absolute atomic E-state index is 12.0. The van der Waals surface area contributed by atoms with E-state index < -0.39 is 12.1 Å². The van der Waals surface area contributed by atoms with Crippen molar-refractivity contribution in [3.8, 4) is 0 Å². The molecule has 3 aliphatic rings. The maximum atomic E-state index is 12.0. The van der Waals surface area contributed by atoms with Crippen LogP contribution >= 0.6 is 0 Å². The zero-order valence-corrected chi connectivity index (χ0v) is 14.5. The lowest BCUT2D eigenvalue weighted by Crippen LogP contribution is -2.61. The van der Waals surface area contributed by atoms with Crippen LogP contribution in [-0.2, 0) is 16.0 Å². The first-order valence-corrected chi connectivity index (χ1v) is 9.36. The van der Waals surface area contributed by atoms with E-state index in [1.807, 2.05) is 0 Å². The van der Waals surface area contributed by atoms with Crippen LogP contribution in [0.1, 0.15) is 43.5 Å². The minimum atomic E-state index is -1.01. The minimum Gasteiger partial charge on any atom is -0.460 e. The van der Waals surface area contributed by atoms with Crippen LogP contribution in [0, 0.1) is 5.41 Å². The number of rotatable bonds is 1. The summed E-state index contributed by atoms with van der Waals surface area (Å²) in [5, 5.41) is 11.6. The summed E-state index contributed by atoms with van der Waals surface area (Å²) in [6.07, 6.45) is 2.17. The van der Waals surface area contributed by atoms with Crippen molar-refractivity contribution in [1.29, 1.82) is 0 Å². The van der Waals surface area contributed by atoms with Crippen LogP contribution in [0.25, 0.3) is 10.9 Å². The van der Waals surface area contributed by atoms with E-state index in [9.17, 15) is 9.90 Å². The summed E-state index contributed by atoms with van der Waals surface area (Å²) in [5.41, 5.74) is 3.62. The number of nitrogens with one attached hydrogen (secondary N) is 1. The molecule has 3 aliphatic heterocycles. The van der Waals surface area contributed by atoms with E-state index in [0.717, 1.165) is 32.4 Å². The van der Waals surface area contributed by atoms with Crippen molar-refractivity contribution in [1.82, 2.24) is 9.88 Å². The topological polar surface area (TPSA) is 65.6 Å². The number of ether oxygens (including phenoxy) is 1. The number of H-pyrrole nitrogens is 1. The Kier molecular flexibility index (Phi) is 3.28. The number of piperidine rings is 1. The van der Waals surface area contributed by atoms with Gasteiger partial charge in [-0.2, -0.15) is 0 Å². The molecular formula is C20H24N2O3. The molecule has 5 nitrogen and oxygen atoms in total. The highest BCUT2D eigenvalue weighted by Crippen LogP contribution is 2.56. The second-order valence-corrected chi connectivity index (χ2v) is 7.77. The Hall–Kier alpha value is -1.85. The number of benzene rings is 1. The fourth-order valence-electron chi connectivity index (χ4n) is 5.58. The number of hydrogen-bond donors (Lipinski definition) is 2. The Bertz CT molecular complexity index is 845. The Morgan fingerprint density at radius 2 is 2.20 bits per heavy atom. The third-order valence-corrected chi connectivity index (χ3v) is 6.76. The van der Waals surface area contributed by atoms with Gasteiger partial charge in [-0.1, -0.05) is 25.1 Å². The molecule has 1 aromatic heterocycles. The normalized spacial score (nSPS) is 35.0. The zero-order valence-electron chi connectivity index (χ0n) is 14.5. The predicted molar refractivity (Wildman–Crippen MR) is 94.2 cm³/mol. The van der Waals surface area contributed by atoms with Crippen LogP contribution < -0.4 is 0 Å². The fourth-order valence-corrected chi connectivity index (χ4v) is 5.58. The summed E-state index contributed by atoms with van der Waals surface area (Å²) >= 11 is 0. The number of aliphatic hydroxyl groups is 1. The largest absolute Gasteiger partial charge is 0.460 e. The van der Waals surface area contributed by atoms with Crippen molar-refractivity contribution in [2.24, 2.45) is 5.41 Å². The molecule has 5 rings (SSSR count). The Labute approximate surface area is 147 Å². The van der Waals surface area contributed by atoms with E-state index in [1.165, 1.54) is 22.2 Å². The van der Waals surface area contributed by atoms with Gasteiger partial charge in [0.1, 0.15) is 6.10 Å². The molecule has 0 bridgehead atoms. The summed E-state index contributed by atoms with van der Waals surface area (Å²) in [7, 11) is 0. The van der Waals surface area contributed by atoms with Gasteiger partial charge in [0.2, 0.25) is 0 Å². The summed E-state index contributed by atoms with van der Waals surface area (Å²) in [5.74, 6) is -0.449. The average Bonchev–Trinajstić information content (AvgIpc) is 3.01. The predicted octanol–water partition coefficient (Wildman–Crippen LogP) is 2.54. The molecule has 0 saturated carbocycles. The molecule has 5 heteroatoms. The highest BCUT2D eigenvalue weighted by molar-refractivity contribution is 5.85. The van der Waals surface area contributed by atoms with Crippen LogP contribution in [0.15, 0.2) is 24.3 Å². The second-order valence-electron chi connectivity index (χ2n) is 7.77. The van der Waals surface area contributed by atoms with Gasteiger partial charge in [-0.3, -0.25) is 4.90 Å². The number of aliphatic hydroxyl groups excluding tert-OH is 1. The number of para-hydroxylation sites is 1. The highest BCUT2D eigenvalue weighted by Gasteiger charge is 2.58. The number of hydrogen-bond acceptors (Lipinski definition) is 4. The van der Waals surface area contributed by atoms with Crippen molar-refractivity contribution in [2.45, 2.75) is 50.9 Å². The molecule has 2 aromatic rings. The van der Waals surface area contributed by atoms with Crippen molar-refractivity contribution in [2.75, 3.05) is 13.1 Å². The molecule has 25 heavy (non-hydrogen) atoms. The first-order chi connectivity index (χ1) is 12.1. The first-order valence-electron chi connectivity index (χ1n) is 9.36. The molecular weight excluding hydrogens is 316 g/mol. The molecule has 0 spiro atoms. The number of nitrogens with zero attached hydrogens (tertiary/aromatic N) is 1. The van der Waals surface area contributed by atoms with Gasteiger partial charge in [0.25, 0.3) is 0 Å². The van der Waals surface area contributed by atoms with Crippen LogP contribution in [-0.4, -0.2) is 46.3 Å². The molecule has 2 N–H and O–H groups in total. The van der Waals surface area contributed by atoms with Crippen LogP contribution in [0.5, 0.6) is 0 Å². The highest BCUT2D eigenvalue weighted by atomic mass is 16.6. The molecule has 0 unspecified atom stereocenters. The zero-order chi connectivity index (χ0) is 17.2. The van der Waals surface area contributed by atoms with E-state index in [1.54, 1.807) is 0 Å². The molecule has 4 atom stereocenters. The third kappa shape index (κ3) is 1.99. The van der Waals surface area contributed by atoms with E-state index in [0.29, 0.717) is 6.42 Å². The molecule has 1 aromatic carbocycles. The number of fused-ring (bicyclic) bond motifs is 7. The SMILES string of the molecule is CC[C@@]12C[C@H](O)C(=O)O[C@H]1CCN1CCc3c([nH]c4ccccc34)[C@H]12. The van der Waals surface area contributed by atoms with Gasteiger partial charge in [-0.25, -0.2) is 4.79 Å². The second kappa shape index (κ2) is 5.32. The standard InChI is InChI=1S/C20H24N2O3/c1-2-20-11-15(23)19(24)25-16(20)8-10-22-9-7-13-12-5-3-4-6-14(12)21-17(13)18(20)22/h3-6,15-16,18,21,23H,2,7-11H2,1H3/t15-,16-,18-,20+/m0/s1. The van der Waals surface area contributed by atoms with E-state index in [4.69, 9.17) is 4.74 Å². The van der Waals surface area contributed by atoms with Gasteiger partial charge in [0.15, 0.2) is 6.10 Å². The summed E-state index contributed by atoms with van der Waals surface area (Å²) in [4.78, 5) is 18.2. The van der Waals surface area contributed by atoms with Gasteiger partial charge in [-0.15, -0.1) is 0 Å². The molecule has 132 valence electrons. The Morgan fingerprint density at radius 1 is 1.36 bits per heavy atom. The third-order valence-electron chi connectivity index (χ3n) is 6.76. The smallest absolute Gasteiger partial charge is 0.335 e. The van der Waals surface area contributed by atoms with Gasteiger partial charge >= 0.3 is 5.97 Å². The van der Waals surface area contributed by atoms with Crippen LogP contribution in [0.3, 0.4) is 0 Å². The van der Waals surface area contributed by atoms with Gasteiger partial charge in [0.05, 0.1) is 6.04 Å². The van der Waals surface area contributed by atoms with Crippen molar-refractivity contribution in [3.05, 3.63) is 35.5 Å². The molecule has 2 saturated heterocycles. The van der Waals surface area contributed by atoms with Crippen LogP contribution in [0.2, 0.25) is 0 Å². The average molecular weight is 340 g/mol. The van der Waals surface area contributed by atoms with E-state index in [-0.39, 0.29) is 17.6 Å². The van der Waals surface area contributed by atoms with Crippen molar-refractivity contribution in [3.63, 3.8) is 0 Å². The Morgan fingerprint density at radius 3 is 3.04 bits per heavy atom. The number of aromatic nitrogens is 1. The quantitative estimate of drug-likeness (QED) is 0.783. The number of aromatic amines is 1. The molecule has 0 aliphatic carbocycles. The summed E-state index contributed by atoms with van der Waals surface area (Å²) in [6, 6.07) is 8.65. The van der Waals surface area contributed by atoms with E-state index >= 15 is 0 Å². The van der Waals surface area contributed by atoms with Crippen molar-refractivity contribution >= 4 is 16.9 Å². The molecule has 2 fully saturated rings. The fraction of sp³-hybridized carbons (Fsp3) is 0.550. The Balaban J connectivity index is 1.69. The number of carbonyl (C=O) groups excluding carboxylic acids is 1. The first kappa shape index (κ1) is 15.4. The molecule has 0 radical (unpaired) electrons. The van der Waals surface area contributed by atoms with E-state index in [2.05, 4.69) is 41.1 Å². The lowest BCUT2D eigenvalue weighted by Gasteiger charge is -2.57. The monoisotopic (exact) mass is 340 g/mol. The summed E-state index contributed by atoms with van der Waals surface area (Å²) < 4.78 is 5.71. The lowest BCUT2D eigenvalue weighted by atomic mass is 9.62. The molecule has 0 amide bonds. The van der Waals surface area contributed by atoms with Gasteiger partial charge < -0.3 is 14.8 Å². The maximum Gasteiger partial charge on any atom is 0.335 e. The van der Waals surface area contributed by atoms with Crippen LogP contribution in [0.4, 0.5) is 0 Å². The van der Waals surface area contributed by atoms with Crippen molar-refractivity contribution < 1.29 is 14.6 Å². The number of esters is 1. The number of carbonyl (C=O) groups is 1. The lowest BCUT2D eigenvalue weighted by molar-refractivity contribution is -0.205.